The molecule has 15 heavy (non-hydrogen) atoms. The van der Waals surface area contributed by atoms with Gasteiger partial charge in [0.05, 0.1) is 5.92 Å². The molecular weight excluding hydrogens is 188 g/mol. The summed E-state index contributed by atoms with van der Waals surface area (Å²) in [7, 11) is 0. The number of unbranched alkanes of at least 4 members (excludes halogenated alkanes) is 2. The van der Waals surface area contributed by atoms with E-state index in [1.807, 2.05) is 18.2 Å². The Balaban J connectivity index is 3.84. The lowest BCUT2D eigenvalue weighted by molar-refractivity contribution is -0.130. The molecule has 0 aromatic rings. The first kappa shape index (κ1) is 13.8. The van der Waals surface area contributed by atoms with E-state index in [2.05, 4.69) is 6.58 Å². The van der Waals surface area contributed by atoms with Crippen molar-refractivity contribution in [3.05, 3.63) is 24.8 Å². The molecule has 0 aliphatic carbocycles. The fourth-order valence-electron chi connectivity index (χ4n) is 1.35. The molecular formula is C13H20O2. The third-order valence-electron chi connectivity index (χ3n) is 2.30. The van der Waals surface area contributed by atoms with Gasteiger partial charge in [-0.05, 0) is 39.5 Å². The molecule has 0 rings (SSSR count). The Labute approximate surface area is 92.1 Å². The summed E-state index contributed by atoms with van der Waals surface area (Å²) in [6, 6.07) is 0. The zero-order valence-corrected chi connectivity index (χ0v) is 9.66. The molecule has 0 amide bonds. The molecule has 0 unspecified atom stereocenters. The molecule has 2 nitrogen and oxygen atoms in total. The first-order valence-corrected chi connectivity index (χ1v) is 5.36. The van der Waals surface area contributed by atoms with Crippen LogP contribution in [0.2, 0.25) is 0 Å². The van der Waals surface area contributed by atoms with E-state index in [1.54, 1.807) is 0 Å². The van der Waals surface area contributed by atoms with Crippen LogP contribution in [0.15, 0.2) is 24.8 Å². The fraction of sp³-hybridized carbons (Fsp3) is 0.538. The third kappa shape index (κ3) is 6.83. The molecule has 2 heteroatoms. The Kier molecular flexibility index (Phi) is 7.51. The highest BCUT2D eigenvalue weighted by atomic mass is 16.1. The second kappa shape index (κ2) is 8.16. The van der Waals surface area contributed by atoms with Gasteiger partial charge in [0, 0.05) is 0 Å². The lowest BCUT2D eigenvalue weighted by Gasteiger charge is -2.05. The van der Waals surface area contributed by atoms with Gasteiger partial charge in [-0.15, -0.1) is 6.58 Å². The Bertz CT molecular complexity index is 237. The van der Waals surface area contributed by atoms with Crippen molar-refractivity contribution >= 4 is 11.6 Å². The Morgan fingerprint density at radius 1 is 1.13 bits per heavy atom. The maximum Gasteiger partial charge on any atom is 0.140 e. The molecule has 0 spiro atoms. The number of carbonyl (C=O) groups is 2. The summed E-state index contributed by atoms with van der Waals surface area (Å²) in [6.45, 7) is 6.58. The minimum absolute atomic E-state index is 0.0433. The molecule has 0 fully saturated rings. The van der Waals surface area contributed by atoms with Gasteiger partial charge in [-0.1, -0.05) is 18.2 Å². The summed E-state index contributed by atoms with van der Waals surface area (Å²) in [4.78, 5) is 22.2. The Hall–Kier alpha value is -1.18. The number of hydrogen-bond donors (Lipinski definition) is 0. The minimum atomic E-state index is -0.444. The van der Waals surface area contributed by atoms with Crippen molar-refractivity contribution in [1.82, 2.24) is 0 Å². The molecule has 0 bridgehead atoms. The van der Waals surface area contributed by atoms with Crippen molar-refractivity contribution in [2.45, 2.75) is 39.5 Å². The molecule has 0 aliphatic heterocycles. The van der Waals surface area contributed by atoms with Gasteiger partial charge in [-0.3, -0.25) is 9.59 Å². The second-order valence-corrected chi connectivity index (χ2v) is 3.70. The molecule has 0 aromatic heterocycles. The summed E-state index contributed by atoms with van der Waals surface area (Å²) < 4.78 is 0. The zero-order chi connectivity index (χ0) is 11.7. The van der Waals surface area contributed by atoms with Gasteiger partial charge in [0.1, 0.15) is 11.6 Å². The largest absolute Gasteiger partial charge is 0.299 e. The van der Waals surface area contributed by atoms with E-state index in [4.69, 9.17) is 0 Å². The Morgan fingerprint density at radius 3 is 2.20 bits per heavy atom. The van der Waals surface area contributed by atoms with Gasteiger partial charge in [0.2, 0.25) is 0 Å². The smallest absolute Gasteiger partial charge is 0.140 e. The van der Waals surface area contributed by atoms with E-state index in [9.17, 15) is 9.59 Å². The van der Waals surface area contributed by atoms with E-state index in [-0.39, 0.29) is 11.6 Å². The summed E-state index contributed by atoms with van der Waals surface area (Å²) in [5.41, 5.74) is 0. The normalized spacial score (nSPS) is 10.9. The van der Waals surface area contributed by atoms with Crippen LogP contribution in [0.3, 0.4) is 0 Å². The molecule has 0 aliphatic rings. The van der Waals surface area contributed by atoms with Crippen LogP contribution >= 0.6 is 0 Å². The average molecular weight is 208 g/mol. The summed E-state index contributed by atoms with van der Waals surface area (Å²) in [6.07, 6.45) is 9.45. The molecule has 0 saturated heterocycles. The lowest BCUT2D eigenvalue weighted by atomic mass is 9.96. The topological polar surface area (TPSA) is 34.1 Å². The number of ketones is 2. The van der Waals surface area contributed by atoms with Crippen LogP contribution in [0.1, 0.15) is 39.5 Å². The highest BCUT2D eigenvalue weighted by molar-refractivity contribution is 6.00. The summed E-state index contributed by atoms with van der Waals surface area (Å²) in [5.74, 6) is -0.530. The van der Waals surface area contributed by atoms with E-state index < -0.39 is 5.92 Å². The van der Waals surface area contributed by atoms with Crippen LogP contribution in [0.5, 0.6) is 0 Å². The van der Waals surface area contributed by atoms with Crippen molar-refractivity contribution in [3.8, 4) is 0 Å². The molecule has 0 N–H and O–H groups in total. The monoisotopic (exact) mass is 208 g/mol. The summed E-state index contributed by atoms with van der Waals surface area (Å²) >= 11 is 0. The Morgan fingerprint density at radius 2 is 1.73 bits per heavy atom. The average Bonchev–Trinajstić information content (AvgIpc) is 2.15. The first-order chi connectivity index (χ1) is 7.09. The van der Waals surface area contributed by atoms with Gasteiger partial charge in [0.15, 0.2) is 0 Å². The quantitative estimate of drug-likeness (QED) is 0.349. The molecule has 0 heterocycles. The predicted octanol–water partition coefficient (Wildman–Crippen LogP) is 3.08. The van der Waals surface area contributed by atoms with Crippen molar-refractivity contribution in [2.75, 3.05) is 0 Å². The zero-order valence-electron chi connectivity index (χ0n) is 9.66. The van der Waals surface area contributed by atoms with Gasteiger partial charge in [-0.25, -0.2) is 0 Å². The highest BCUT2D eigenvalue weighted by Crippen LogP contribution is 2.08. The highest BCUT2D eigenvalue weighted by Gasteiger charge is 2.16. The minimum Gasteiger partial charge on any atom is -0.299 e. The van der Waals surface area contributed by atoms with Gasteiger partial charge < -0.3 is 0 Å². The predicted molar refractivity (Wildman–Crippen MR) is 62.7 cm³/mol. The van der Waals surface area contributed by atoms with Gasteiger partial charge in [0.25, 0.3) is 0 Å². The standard InChI is InChI=1S/C13H20O2/c1-4-5-6-7-8-9-10-13(11(2)14)12(3)15/h4,8-9,13H,1,5-7,10H2,2-3H3/b9-8+. The molecule has 0 aromatic carbocycles. The number of allylic oxidation sites excluding steroid dienone is 3. The number of carbonyl (C=O) groups excluding carboxylic acids is 2. The maximum absolute atomic E-state index is 11.1. The lowest BCUT2D eigenvalue weighted by Crippen LogP contribution is -2.18. The van der Waals surface area contributed by atoms with E-state index in [0.717, 1.165) is 19.3 Å². The molecule has 0 saturated carbocycles. The number of Topliss-reactive ketones (excluding diaryl/α,β-unsaturated/α-hetero) is 2. The van der Waals surface area contributed by atoms with Crippen LogP contribution in [0, 0.1) is 5.92 Å². The second-order valence-electron chi connectivity index (χ2n) is 3.70. The van der Waals surface area contributed by atoms with Crippen molar-refractivity contribution in [3.63, 3.8) is 0 Å². The molecule has 84 valence electrons. The van der Waals surface area contributed by atoms with Crippen LogP contribution in [-0.2, 0) is 9.59 Å². The maximum atomic E-state index is 11.1. The van der Waals surface area contributed by atoms with Crippen molar-refractivity contribution in [1.29, 1.82) is 0 Å². The van der Waals surface area contributed by atoms with E-state index in [1.165, 1.54) is 13.8 Å². The summed E-state index contributed by atoms with van der Waals surface area (Å²) in [5, 5.41) is 0. The van der Waals surface area contributed by atoms with E-state index in [0.29, 0.717) is 6.42 Å². The van der Waals surface area contributed by atoms with Gasteiger partial charge >= 0.3 is 0 Å². The van der Waals surface area contributed by atoms with Crippen LogP contribution in [0.25, 0.3) is 0 Å². The third-order valence-corrected chi connectivity index (χ3v) is 2.30. The molecule has 0 radical (unpaired) electrons. The van der Waals surface area contributed by atoms with Crippen LogP contribution in [0.4, 0.5) is 0 Å². The van der Waals surface area contributed by atoms with Crippen LogP contribution in [-0.4, -0.2) is 11.6 Å². The SMILES string of the molecule is C=CCCC/C=C/CC(C(C)=O)C(C)=O. The number of hydrogen-bond acceptors (Lipinski definition) is 2. The molecule has 0 atom stereocenters. The number of rotatable bonds is 8. The van der Waals surface area contributed by atoms with Gasteiger partial charge in [-0.2, -0.15) is 0 Å². The van der Waals surface area contributed by atoms with Crippen LogP contribution < -0.4 is 0 Å². The van der Waals surface area contributed by atoms with Crippen molar-refractivity contribution < 1.29 is 9.59 Å². The first-order valence-electron chi connectivity index (χ1n) is 5.36. The van der Waals surface area contributed by atoms with E-state index >= 15 is 0 Å². The van der Waals surface area contributed by atoms with Crippen molar-refractivity contribution in [2.24, 2.45) is 5.92 Å². The fourth-order valence-corrected chi connectivity index (χ4v) is 1.35.